The number of carbonyl (C=O) groups excluding carboxylic acids is 1. The summed E-state index contributed by atoms with van der Waals surface area (Å²) in [6.45, 7) is 1.89. The summed E-state index contributed by atoms with van der Waals surface area (Å²) in [5.74, 6) is 0.0149. The zero-order valence-electron chi connectivity index (χ0n) is 17.6. The molecule has 3 rings (SSSR count). The van der Waals surface area contributed by atoms with Gasteiger partial charge >= 0.3 is 0 Å². The van der Waals surface area contributed by atoms with Gasteiger partial charge in [0.05, 0.1) is 23.4 Å². The van der Waals surface area contributed by atoms with Crippen LogP contribution in [0.2, 0.25) is 0 Å². The summed E-state index contributed by atoms with van der Waals surface area (Å²) in [6.07, 6.45) is 1.48. The number of nitrogens with one attached hydrogen (secondary N) is 1. The van der Waals surface area contributed by atoms with Gasteiger partial charge in [-0.2, -0.15) is 5.10 Å². The number of nitrogens with zero attached hydrogens (tertiary/aromatic N) is 2. The lowest BCUT2D eigenvalue weighted by molar-refractivity contribution is -0.119. The van der Waals surface area contributed by atoms with Crippen molar-refractivity contribution in [3.8, 4) is 5.75 Å². The molecule has 0 bridgehead atoms. The third-order valence-electron chi connectivity index (χ3n) is 4.38. The van der Waals surface area contributed by atoms with E-state index >= 15 is 0 Å². The molecule has 0 spiro atoms. The Hall–Kier alpha value is -2.69. The molecular weight excluding hydrogens is 574 g/mol. The second-order valence-corrected chi connectivity index (χ2v) is 10.4. The summed E-state index contributed by atoms with van der Waals surface area (Å²) in [6, 6.07) is 20.1. The molecule has 0 saturated heterocycles. The molecule has 1 N–H and O–H groups in total. The van der Waals surface area contributed by atoms with Gasteiger partial charge in [-0.25, -0.2) is 13.8 Å². The summed E-state index contributed by atoms with van der Waals surface area (Å²) >= 11 is 6.67. The van der Waals surface area contributed by atoms with E-state index in [-0.39, 0.29) is 4.90 Å². The van der Waals surface area contributed by atoms with Crippen LogP contribution < -0.4 is 14.5 Å². The Bertz CT molecular complexity index is 1230. The molecule has 10 heteroatoms. The Morgan fingerprint density at radius 3 is 2.36 bits per heavy atom. The summed E-state index contributed by atoms with van der Waals surface area (Å²) in [5, 5.41) is 3.94. The number of hydrogen-bond acceptors (Lipinski definition) is 5. The van der Waals surface area contributed by atoms with Crippen molar-refractivity contribution in [3.05, 3.63) is 87.3 Å². The fourth-order valence-corrected chi connectivity index (χ4v) is 4.96. The minimum Gasteiger partial charge on any atom is -0.494 e. The highest BCUT2D eigenvalue weighted by atomic mass is 79.9. The molecule has 3 aromatic rings. The van der Waals surface area contributed by atoms with Gasteiger partial charge in [0.25, 0.3) is 15.9 Å². The number of rotatable bonds is 9. The SMILES string of the molecule is CCOc1ccc(N(CC(=O)N/N=C\c2cccc(Br)c2)S(=O)(=O)c2ccc(Br)cc2)cc1. The fourth-order valence-electron chi connectivity index (χ4n) is 2.86. The van der Waals surface area contributed by atoms with E-state index in [2.05, 4.69) is 42.4 Å². The molecule has 3 aromatic carbocycles. The van der Waals surface area contributed by atoms with Crippen molar-refractivity contribution >= 4 is 59.7 Å². The molecule has 0 aliphatic heterocycles. The topological polar surface area (TPSA) is 88.1 Å². The van der Waals surface area contributed by atoms with Gasteiger partial charge in [0, 0.05) is 8.95 Å². The zero-order valence-corrected chi connectivity index (χ0v) is 21.6. The number of anilines is 1. The minimum atomic E-state index is -4.02. The zero-order chi connectivity index (χ0) is 23.8. The molecule has 172 valence electrons. The van der Waals surface area contributed by atoms with E-state index in [0.717, 1.165) is 18.8 Å². The van der Waals surface area contributed by atoms with Crippen LogP contribution in [0.5, 0.6) is 5.75 Å². The van der Waals surface area contributed by atoms with Gasteiger partial charge in [0.15, 0.2) is 0 Å². The van der Waals surface area contributed by atoms with Gasteiger partial charge < -0.3 is 4.74 Å². The maximum atomic E-state index is 13.4. The molecule has 0 aromatic heterocycles. The lowest BCUT2D eigenvalue weighted by Gasteiger charge is -2.24. The van der Waals surface area contributed by atoms with Gasteiger partial charge in [-0.1, -0.05) is 44.0 Å². The molecule has 0 unspecified atom stereocenters. The Labute approximate surface area is 209 Å². The molecule has 0 heterocycles. The number of benzene rings is 3. The first-order valence-electron chi connectivity index (χ1n) is 9.88. The van der Waals surface area contributed by atoms with Crippen molar-refractivity contribution in [2.75, 3.05) is 17.5 Å². The predicted molar refractivity (Wildman–Crippen MR) is 136 cm³/mol. The van der Waals surface area contributed by atoms with Crippen LogP contribution in [-0.2, 0) is 14.8 Å². The standard InChI is InChI=1S/C23H21Br2N3O4S/c1-2-32-21-10-8-20(9-11-21)28(33(30,31)22-12-6-18(24)7-13-22)16-23(29)27-26-15-17-4-3-5-19(25)14-17/h3-15H,2,16H2,1H3,(H,27,29)/b26-15-. The second-order valence-electron chi connectivity index (χ2n) is 6.74. The number of carbonyl (C=O) groups is 1. The van der Waals surface area contributed by atoms with Gasteiger partial charge in [-0.3, -0.25) is 9.10 Å². The Morgan fingerprint density at radius 1 is 1.03 bits per heavy atom. The number of sulfonamides is 1. The molecule has 0 saturated carbocycles. The third kappa shape index (κ3) is 6.89. The number of amides is 1. The molecule has 7 nitrogen and oxygen atoms in total. The van der Waals surface area contributed by atoms with E-state index in [1.54, 1.807) is 36.4 Å². The normalized spacial score (nSPS) is 11.4. The van der Waals surface area contributed by atoms with Crippen LogP contribution >= 0.6 is 31.9 Å². The summed E-state index contributed by atoms with van der Waals surface area (Å²) < 4.78 is 34.8. The predicted octanol–water partition coefficient (Wildman–Crippen LogP) is 4.96. The maximum absolute atomic E-state index is 13.4. The molecule has 33 heavy (non-hydrogen) atoms. The van der Waals surface area contributed by atoms with E-state index in [1.807, 2.05) is 31.2 Å². The Kier molecular flexibility index (Phi) is 8.65. The monoisotopic (exact) mass is 593 g/mol. The molecular formula is C23H21Br2N3O4S. The average Bonchev–Trinajstić information content (AvgIpc) is 2.79. The largest absolute Gasteiger partial charge is 0.494 e. The fraction of sp³-hybridized carbons (Fsp3) is 0.130. The first-order valence-corrected chi connectivity index (χ1v) is 12.9. The van der Waals surface area contributed by atoms with E-state index in [0.29, 0.717) is 18.0 Å². The molecule has 0 fully saturated rings. The smallest absolute Gasteiger partial charge is 0.264 e. The van der Waals surface area contributed by atoms with Crippen molar-refractivity contribution in [2.24, 2.45) is 5.10 Å². The number of ether oxygens (including phenoxy) is 1. The van der Waals surface area contributed by atoms with Gasteiger partial charge in [-0.05, 0) is 73.2 Å². The highest BCUT2D eigenvalue weighted by molar-refractivity contribution is 9.10. The lowest BCUT2D eigenvalue weighted by atomic mass is 10.2. The highest BCUT2D eigenvalue weighted by Crippen LogP contribution is 2.26. The van der Waals surface area contributed by atoms with E-state index in [1.165, 1.54) is 18.3 Å². The molecule has 0 atom stereocenters. The van der Waals surface area contributed by atoms with Crippen LogP contribution in [0.4, 0.5) is 5.69 Å². The third-order valence-corrected chi connectivity index (χ3v) is 7.19. The second kappa shape index (κ2) is 11.4. The molecule has 0 radical (unpaired) electrons. The van der Waals surface area contributed by atoms with Crippen LogP contribution in [-0.4, -0.2) is 33.7 Å². The van der Waals surface area contributed by atoms with Crippen LogP contribution in [0, 0.1) is 0 Å². The molecule has 0 aliphatic rings. The summed E-state index contributed by atoms with van der Waals surface area (Å²) in [4.78, 5) is 12.7. The average molecular weight is 595 g/mol. The maximum Gasteiger partial charge on any atom is 0.264 e. The summed E-state index contributed by atoms with van der Waals surface area (Å²) in [5.41, 5.74) is 3.49. The van der Waals surface area contributed by atoms with E-state index in [4.69, 9.17) is 4.74 Å². The minimum absolute atomic E-state index is 0.0602. The molecule has 1 amide bonds. The van der Waals surface area contributed by atoms with Crippen LogP contribution in [0.15, 0.2) is 91.7 Å². The van der Waals surface area contributed by atoms with Crippen molar-refractivity contribution in [2.45, 2.75) is 11.8 Å². The number of hydrogen-bond donors (Lipinski definition) is 1. The van der Waals surface area contributed by atoms with Crippen molar-refractivity contribution in [3.63, 3.8) is 0 Å². The Morgan fingerprint density at radius 2 is 1.73 bits per heavy atom. The van der Waals surface area contributed by atoms with E-state index in [9.17, 15) is 13.2 Å². The van der Waals surface area contributed by atoms with Crippen molar-refractivity contribution in [1.82, 2.24) is 5.43 Å². The van der Waals surface area contributed by atoms with Gasteiger partial charge in [0.2, 0.25) is 0 Å². The first-order chi connectivity index (χ1) is 15.8. The van der Waals surface area contributed by atoms with Crippen LogP contribution in [0.3, 0.4) is 0 Å². The Balaban J connectivity index is 1.84. The number of halogens is 2. The first kappa shape index (κ1) is 24.9. The lowest BCUT2D eigenvalue weighted by Crippen LogP contribution is -2.39. The van der Waals surface area contributed by atoms with Crippen molar-refractivity contribution < 1.29 is 17.9 Å². The van der Waals surface area contributed by atoms with Gasteiger partial charge in [-0.15, -0.1) is 0 Å². The van der Waals surface area contributed by atoms with Crippen LogP contribution in [0.1, 0.15) is 12.5 Å². The summed E-state index contributed by atoms with van der Waals surface area (Å²) in [7, 11) is -4.02. The molecule has 0 aliphatic carbocycles. The van der Waals surface area contributed by atoms with E-state index < -0.39 is 22.5 Å². The number of hydrazone groups is 1. The van der Waals surface area contributed by atoms with Gasteiger partial charge in [0.1, 0.15) is 12.3 Å². The van der Waals surface area contributed by atoms with Crippen molar-refractivity contribution in [1.29, 1.82) is 0 Å². The van der Waals surface area contributed by atoms with Crippen LogP contribution in [0.25, 0.3) is 0 Å². The highest BCUT2D eigenvalue weighted by Gasteiger charge is 2.27. The quantitative estimate of drug-likeness (QED) is 0.280.